The van der Waals surface area contributed by atoms with Gasteiger partial charge in [0.05, 0.1) is 6.54 Å². The molecule has 0 aromatic heterocycles. The van der Waals surface area contributed by atoms with Gasteiger partial charge in [0.15, 0.2) is 0 Å². The third kappa shape index (κ3) is 8.00. The predicted octanol–water partition coefficient (Wildman–Crippen LogP) is 2.91. The van der Waals surface area contributed by atoms with E-state index in [1.165, 1.54) is 18.5 Å². The Kier molecular flexibility index (Phi) is 8.28. The van der Waals surface area contributed by atoms with E-state index in [1.54, 1.807) is 0 Å². The molecule has 0 unspecified atom stereocenters. The van der Waals surface area contributed by atoms with Gasteiger partial charge in [-0.15, -0.1) is 0 Å². The first-order valence-electron chi connectivity index (χ1n) is 8.19. The Morgan fingerprint density at radius 1 is 1.43 bits per heavy atom. The molecule has 0 bridgehead atoms. The maximum Gasteiger partial charge on any atom is 0.0521 e. The van der Waals surface area contributed by atoms with E-state index in [2.05, 4.69) is 60.3 Å². The summed E-state index contributed by atoms with van der Waals surface area (Å²) in [5, 5.41) is 3.55. The SMILES string of the molecule is CCN=CCN(C)/C1=C/CCCCNC(C)(C)C=NCC1. The van der Waals surface area contributed by atoms with E-state index in [-0.39, 0.29) is 5.54 Å². The first-order chi connectivity index (χ1) is 10.0. The Bertz CT molecular complexity index is 369. The van der Waals surface area contributed by atoms with E-state index >= 15 is 0 Å². The fourth-order valence-corrected chi connectivity index (χ4v) is 2.34. The molecule has 0 aliphatic carbocycles. The number of hydrogen-bond acceptors (Lipinski definition) is 4. The summed E-state index contributed by atoms with van der Waals surface area (Å²) in [6.07, 6.45) is 11.0. The molecule has 0 saturated carbocycles. The highest BCUT2D eigenvalue weighted by Gasteiger charge is 2.13. The molecule has 1 N–H and O–H groups in total. The van der Waals surface area contributed by atoms with Crippen molar-refractivity contribution >= 4 is 12.4 Å². The van der Waals surface area contributed by atoms with Gasteiger partial charge in [-0.1, -0.05) is 6.08 Å². The molecule has 1 rings (SSSR count). The molecule has 0 aromatic carbocycles. The van der Waals surface area contributed by atoms with Crippen molar-refractivity contribution in [3.05, 3.63) is 11.8 Å². The fourth-order valence-electron chi connectivity index (χ4n) is 2.34. The van der Waals surface area contributed by atoms with Gasteiger partial charge in [-0.2, -0.15) is 0 Å². The lowest BCUT2D eigenvalue weighted by Gasteiger charge is -2.23. The standard InChI is InChI=1S/C17H32N4/c1-5-18-13-14-21(4)16-9-7-6-8-11-20-17(2,3)15-19-12-10-16/h9,13,15,20H,5-8,10-12,14H2,1-4H3/b16-9+,18-13?,19-15?. The van der Waals surface area contributed by atoms with Crippen molar-refractivity contribution in [1.82, 2.24) is 10.2 Å². The van der Waals surface area contributed by atoms with Gasteiger partial charge in [0, 0.05) is 50.2 Å². The molecule has 0 atom stereocenters. The minimum absolute atomic E-state index is 0.00274. The second-order valence-corrected chi connectivity index (χ2v) is 6.19. The zero-order valence-electron chi connectivity index (χ0n) is 14.2. The molecule has 1 aliphatic rings. The van der Waals surface area contributed by atoms with Crippen LogP contribution in [0.15, 0.2) is 21.8 Å². The summed E-state index contributed by atoms with van der Waals surface area (Å²) in [5.74, 6) is 0. The van der Waals surface area contributed by atoms with E-state index in [4.69, 9.17) is 0 Å². The van der Waals surface area contributed by atoms with Crippen molar-refractivity contribution in [3.8, 4) is 0 Å². The molecule has 4 heteroatoms. The van der Waals surface area contributed by atoms with Crippen LogP contribution in [-0.2, 0) is 0 Å². The van der Waals surface area contributed by atoms with Crippen LogP contribution in [0, 0.1) is 0 Å². The van der Waals surface area contributed by atoms with Gasteiger partial charge in [0.25, 0.3) is 0 Å². The van der Waals surface area contributed by atoms with Crippen LogP contribution in [0.2, 0.25) is 0 Å². The van der Waals surface area contributed by atoms with Crippen LogP contribution in [0.5, 0.6) is 0 Å². The molecule has 0 fully saturated rings. The van der Waals surface area contributed by atoms with Crippen LogP contribution < -0.4 is 5.32 Å². The number of nitrogens with zero attached hydrogens (tertiary/aromatic N) is 3. The Morgan fingerprint density at radius 3 is 3.00 bits per heavy atom. The van der Waals surface area contributed by atoms with Gasteiger partial charge >= 0.3 is 0 Å². The summed E-state index contributed by atoms with van der Waals surface area (Å²) in [6.45, 7) is 10.1. The molecule has 21 heavy (non-hydrogen) atoms. The summed E-state index contributed by atoms with van der Waals surface area (Å²) in [5.41, 5.74) is 1.39. The van der Waals surface area contributed by atoms with Crippen LogP contribution in [0.25, 0.3) is 0 Å². The van der Waals surface area contributed by atoms with Crippen LogP contribution in [0.1, 0.15) is 46.5 Å². The molecule has 0 radical (unpaired) electrons. The Balaban J connectivity index is 2.63. The molecule has 0 spiro atoms. The third-order valence-corrected chi connectivity index (χ3v) is 3.66. The van der Waals surface area contributed by atoms with Gasteiger partial charge < -0.3 is 10.2 Å². The van der Waals surface area contributed by atoms with Gasteiger partial charge in [0.2, 0.25) is 0 Å². The largest absolute Gasteiger partial charge is 0.373 e. The van der Waals surface area contributed by atoms with Crippen molar-refractivity contribution < 1.29 is 0 Å². The minimum Gasteiger partial charge on any atom is -0.373 e. The lowest BCUT2D eigenvalue weighted by molar-refractivity contribution is 0.453. The molecule has 0 saturated heterocycles. The first-order valence-corrected chi connectivity index (χ1v) is 8.19. The van der Waals surface area contributed by atoms with Crippen LogP contribution >= 0.6 is 0 Å². The molecule has 0 amide bonds. The van der Waals surface area contributed by atoms with Crippen LogP contribution in [0.4, 0.5) is 0 Å². The predicted molar refractivity (Wildman–Crippen MR) is 93.7 cm³/mol. The molecule has 0 aromatic rings. The maximum absolute atomic E-state index is 4.60. The molecule has 4 nitrogen and oxygen atoms in total. The molecular formula is C17H32N4. The minimum atomic E-state index is 0.00274. The molecular weight excluding hydrogens is 260 g/mol. The second kappa shape index (κ2) is 9.72. The van der Waals surface area contributed by atoms with Crippen LogP contribution in [-0.4, -0.2) is 56.1 Å². The van der Waals surface area contributed by atoms with E-state index in [9.17, 15) is 0 Å². The zero-order chi connectivity index (χ0) is 15.6. The second-order valence-electron chi connectivity index (χ2n) is 6.19. The van der Waals surface area contributed by atoms with Crippen molar-refractivity contribution in [1.29, 1.82) is 0 Å². The van der Waals surface area contributed by atoms with Crippen molar-refractivity contribution in [3.63, 3.8) is 0 Å². The monoisotopic (exact) mass is 292 g/mol. The quantitative estimate of drug-likeness (QED) is 0.809. The number of hydrogen-bond donors (Lipinski definition) is 1. The van der Waals surface area contributed by atoms with Gasteiger partial charge in [0.1, 0.15) is 0 Å². The zero-order valence-corrected chi connectivity index (χ0v) is 14.2. The summed E-state index contributed by atoms with van der Waals surface area (Å²) in [6, 6.07) is 0. The highest BCUT2D eigenvalue weighted by atomic mass is 15.1. The lowest BCUT2D eigenvalue weighted by Crippen LogP contribution is -2.41. The van der Waals surface area contributed by atoms with Crippen molar-refractivity contribution in [2.75, 3.05) is 33.2 Å². The Hall–Kier alpha value is -1.16. The van der Waals surface area contributed by atoms with E-state index in [1.807, 2.05) is 6.21 Å². The summed E-state index contributed by atoms with van der Waals surface area (Å²) in [4.78, 5) is 11.2. The lowest BCUT2D eigenvalue weighted by atomic mass is 10.1. The first kappa shape index (κ1) is 17.9. The van der Waals surface area contributed by atoms with E-state index in [0.29, 0.717) is 0 Å². The highest BCUT2D eigenvalue weighted by Crippen LogP contribution is 2.11. The van der Waals surface area contributed by atoms with Crippen molar-refractivity contribution in [2.24, 2.45) is 9.98 Å². The van der Waals surface area contributed by atoms with Crippen molar-refractivity contribution in [2.45, 2.75) is 52.0 Å². The number of nitrogens with one attached hydrogen (secondary N) is 1. The fraction of sp³-hybridized carbons (Fsp3) is 0.765. The highest BCUT2D eigenvalue weighted by molar-refractivity contribution is 5.68. The average Bonchev–Trinajstić information content (AvgIpc) is 2.43. The van der Waals surface area contributed by atoms with Gasteiger partial charge in [-0.25, -0.2) is 0 Å². The van der Waals surface area contributed by atoms with E-state index in [0.717, 1.165) is 39.0 Å². The van der Waals surface area contributed by atoms with Crippen LogP contribution in [0.3, 0.4) is 0 Å². The topological polar surface area (TPSA) is 40.0 Å². The average molecular weight is 292 g/mol. The molecule has 120 valence electrons. The number of allylic oxidation sites excluding steroid dienone is 1. The Morgan fingerprint density at radius 2 is 2.24 bits per heavy atom. The van der Waals surface area contributed by atoms with E-state index < -0.39 is 0 Å². The number of rotatable bonds is 4. The summed E-state index contributed by atoms with van der Waals surface area (Å²) in [7, 11) is 2.15. The normalized spacial score (nSPS) is 23.1. The number of aliphatic imine (C=N–C) groups is 2. The smallest absolute Gasteiger partial charge is 0.0521 e. The molecule has 1 heterocycles. The summed E-state index contributed by atoms with van der Waals surface area (Å²) >= 11 is 0. The third-order valence-electron chi connectivity index (χ3n) is 3.66. The van der Waals surface area contributed by atoms with Gasteiger partial charge in [-0.05, 0) is 46.6 Å². The molecule has 1 aliphatic heterocycles. The van der Waals surface area contributed by atoms with Gasteiger partial charge in [-0.3, -0.25) is 9.98 Å². The Labute approximate surface area is 130 Å². The summed E-state index contributed by atoms with van der Waals surface area (Å²) < 4.78 is 0. The maximum atomic E-state index is 4.60.